The molecule has 0 heterocycles. The molecule has 1 N–H and O–H groups in total. The van der Waals surface area contributed by atoms with E-state index in [2.05, 4.69) is 26.5 Å². The Bertz CT molecular complexity index is 577. The van der Waals surface area contributed by atoms with E-state index in [4.69, 9.17) is 0 Å². The average Bonchev–Trinajstić information content (AvgIpc) is 2.69. The number of allylic oxidation sites excluding steroid dienone is 3. The first kappa shape index (κ1) is 15.7. The molecule has 0 aliphatic heterocycles. The molecule has 0 aromatic rings. The Morgan fingerprint density at radius 1 is 1.23 bits per heavy atom. The lowest BCUT2D eigenvalue weighted by molar-refractivity contribution is -0.120. The second kappa shape index (κ2) is 5.49. The number of hydrogen-bond donors (Lipinski definition) is 1. The molecule has 120 valence electrons. The normalized spacial score (nSPS) is 35.3. The van der Waals surface area contributed by atoms with Gasteiger partial charge < -0.3 is 5.11 Å². The van der Waals surface area contributed by atoms with Crippen LogP contribution in [0.15, 0.2) is 34.9 Å². The van der Waals surface area contributed by atoms with Crippen molar-refractivity contribution in [3.05, 3.63) is 34.9 Å². The highest BCUT2D eigenvalue weighted by atomic mass is 16.3. The van der Waals surface area contributed by atoms with Crippen LogP contribution in [0.2, 0.25) is 0 Å². The smallest absolute Gasteiger partial charge is 0.169 e. The summed E-state index contributed by atoms with van der Waals surface area (Å²) in [6.45, 7) is 10.6. The number of aliphatic hydroxyl groups is 1. The zero-order valence-electron chi connectivity index (χ0n) is 14.1. The van der Waals surface area contributed by atoms with E-state index in [9.17, 15) is 9.90 Å². The third-order valence-corrected chi connectivity index (χ3v) is 6.25. The van der Waals surface area contributed by atoms with Gasteiger partial charge in [-0.2, -0.15) is 0 Å². The molecule has 3 aliphatic rings. The molecule has 0 spiro atoms. The molecule has 0 unspecified atom stereocenters. The van der Waals surface area contributed by atoms with Crippen molar-refractivity contribution >= 4 is 5.78 Å². The van der Waals surface area contributed by atoms with E-state index in [-0.39, 0.29) is 17.1 Å². The van der Waals surface area contributed by atoms with Crippen molar-refractivity contribution in [3.63, 3.8) is 0 Å². The summed E-state index contributed by atoms with van der Waals surface area (Å²) >= 11 is 0. The molecule has 3 bridgehead atoms. The van der Waals surface area contributed by atoms with Crippen molar-refractivity contribution in [2.45, 2.75) is 65.4 Å². The molecule has 0 saturated heterocycles. The highest BCUT2D eigenvalue weighted by Gasteiger charge is 2.51. The van der Waals surface area contributed by atoms with Crippen molar-refractivity contribution < 1.29 is 9.90 Å². The van der Waals surface area contributed by atoms with Crippen LogP contribution in [-0.4, -0.2) is 17.0 Å². The number of fused-ring (bicyclic) bond motifs is 2. The first-order chi connectivity index (χ1) is 10.3. The SMILES string of the molecule is C=C1CCC=C(C)[C@@H]2C(=O)C3=C(CC[C@@H](CC1)C3(C)C)[C@@H]2O. The number of Topliss-reactive ketones (excluding diaryl/α,β-unsaturated/α-hetero) is 1. The highest BCUT2D eigenvalue weighted by Crippen LogP contribution is 2.53. The molecular formula is C20H28O2. The third kappa shape index (κ3) is 2.32. The maximum Gasteiger partial charge on any atom is 0.169 e. The first-order valence-electron chi connectivity index (χ1n) is 8.63. The summed E-state index contributed by atoms with van der Waals surface area (Å²) in [5, 5.41) is 10.7. The Morgan fingerprint density at radius 3 is 2.64 bits per heavy atom. The molecule has 0 saturated carbocycles. The van der Waals surface area contributed by atoms with Crippen LogP contribution in [0.4, 0.5) is 0 Å². The Kier molecular flexibility index (Phi) is 3.92. The van der Waals surface area contributed by atoms with Crippen LogP contribution in [0.1, 0.15) is 59.3 Å². The van der Waals surface area contributed by atoms with Crippen molar-refractivity contribution in [3.8, 4) is 0 Å². The number of hydrogen-bond acceptors (Lipinski definition) is 2. The van der Waals surface area contributed by atoms with Crippen LogP contribution in [0, 0.1) is 17.3 Å². The van der Waals surface area contributed by atoms with Gasteiger partial charge in [-0.3, -0.25) is 4.79 Å². The van der Waals surface area contributed by atoms with Crippen LogP contribution in [0.5, 0.6) is 0 Å². The maximum absolute atomic E-state index is 13.0. The van der Waals surface area contributed by atoms with Gasteiger partial charge in [0.2, 0.25) is 0 Å². The second-order valence-corrected chi connectivity index (χ2v) is 7.92. The Morgan fingerprint density at radius 2 is 1.91 bits per heavy atom. The Balaban J connectivity index is 2.08. The number of aliphatic hydroxyl groups excluding tert-OH is 1. The third-order valence-electron chi connectivity index (χ3n) is 6.25. The lowest BCUT2D eigenvalue weighted by Gasteiger charge is -2.40. The molecule has 3 aliphatic carbocycles. The predicted octanol–water partition coefficient (Wildman–Crippen LogP) is 4.36. The van der Waals surface area contributed by atoms with Gasteiger partial charge in [-0.25, -0.2) is 0 Å². The van der Waals surface area contributed by atoms with Crippen LogP contribution in [0.25, 0.3) is 0 Å². The Labute approximate surface area is 134 Å². The quantitative estimate of drug-likeness (QED) is 0.675. The summed E-state index contributed by atoms with van der Waals surface area (Å²) in [4.78, 5) is 13.0. The number of carbonyl (C=O) groups is 1. The molecule has 3 rings (SSSR count). The second-order valence-electron chi connectivity index (χ2n) is 7.92. The van der Waals surface area contributed by atoms with E-state index in [0.717, 1.165) is 55.2 Å². The number of ketones is 1. The molecule has 2 heteroatoms. The summed E-state index contributed by atoms with van der Waals surface area (Å²) in [6, 6.07) is 0. The predicted molar refractivity (Wildman–Crippen MR) is 89.4 cm³/mol. The van der Waals surface area contributed by atoms with Crippen molar-refractivity contribution in [1.82, 2.24) is 0 Å². The zero-order chi connectivity index (χ0) is 16.1. The topological polar surface area (TPSA) is 37.3 Å². The van der Waals surface area contributed by atoms with Gasteiger partial charge in [0, 0.05) is 5.57 Å². The monoisotopic (exact) mass is 300 g/mol. The fourth-order valence-electron chi connectivity index (χ4n) is 4.80. The van der Waals surface area contributed by atoms with Gasteiger partial charge in [0.05, 0.1) is 12.0 Å². The van der Waals surface area contributed by atoms with Crippen molar-refractivity contribution in [2.24, 2.45) is 17.3 Å². The molecule has 2 nitrogen and oxygen atoms in total. The number of carbonyl (C=O) groups excluding carboxylic acids is 1. The van der Waals surface area contributed by atoms with Gasteiger partial charge in [0.25, 0.3) is 0 Å². The number of rotatable bonds is 0. The van der Waals surface area contributed by atoms with Crippen LogP contribution in [-0.2, 0) is 4.79 Å². The average molecular weight is 300 g/mol. The highest BCUT2D eigenvalue weighted by molar-refractivity contribution is 6.04. The summed E-state index contributed by atoms with van der Waals surface area (Å²) in [5.41, 5.74) is 4.20. The van der Waals surface area contributed by atoms with E-state index in [1.54, 1.807) is 0 Å². The van der Waals surface area contributed by atoms with Crippen molar-refractivity contribution in [1.29, 1.82) is 0 Å². The van der Waals surface area contributed by atoms with Gasteiger partial charge in [0.15, 0.2) is 5.78 Å². The lowest BCUT2D eigenvalue weighted by atomic mass is 9.64. The maximum atomic E-state index is 13.0. The zero-order valence-corrected chi connectivity index (χ0v) is 14.1. The Hall–Kier alpha value is -1.15. The van der Waals surface area contributed by atoms with Crippen molar-refractivity contribution in [2.75, 3.05) is 0 Å². The molecule has 3 atom stereocenters. The fourth-order valence-corrected chi connectivity index (χ4v) is 4.80. The fraction of sp³-hybridized carbons (Fsp3) is 0.650. The molecule has 0 aromatic carbocycles. The summed E-state index contributed by atoms with van der Waals surface area (Å²) in [6.07, 6.45) is 7.60. The van der Waals surface area contributed by atoms with E-state index in [0.29, 0.717) is 5.92 Å². The first-order valence-corrected chi connectivity index (χ1v) is 8.63. The minimum absolute atomic E-state index is 0.125. The van der Waals surface area contributed by atoms with Crippen LogP contribution < -0.4 is 0 Å². The van der Waals surface area contributed by atoms with Gasteiger partial charge in [-0.15, -0.1) is 0 Å². The molecule has 0 amide bonds. The minimum atomic E-state index is -0.595. The molecule has 0 aromatic heterocycles. The summed E-state index contributed by atoms with van der Waals surface area (Å²) in [7, 11) is 0. The summed E-state index contributed by atoms with van der Waals surface area (Å²) in [5.74, 6) is 0.364. The summed E-state index contributed by atoms with van der Waals surface area (Å²) < 4.78 is 0. The molecule has 0 fully saturated rings. The van der Waals surface area contributed by atoms with E-state index in [1.165, 1.54) is 5.57 Å². The van der Waals surface area contributed by atoms with Crippen LogP contribution >= 0.6 is 0 Å². The van der Waals surface area contributed by atoms with E-state index < -0.39 is 6.10 Å². The molecular weight excluding hydrogens is 272 g/mol. The van der Waals surface area contributed by atoms with Gasteiger partial charge in [-0.05, 0) is 62.4 Å². The lowest BCUT2D eigenvalue weighted by Crippen LogP contribution is -2.33. The van der Waals surface area contributed by atoms with Gasteiger partial charge >= 0.3 is 0 Å². The molecule has 22 heavy (non-hydrogen) atoms. The standard InChI is InChI=1S/C20H28O2/c1-12-6-5-7-13(2)16-18(21)15-11-10-14(9-8-12)20(3,4)17(15)19(16)22/h7,14,16,18,21H,1,5-6,8-11H2,2-4H3/t14-,16+,18+/m1/s1. The largest absolute Gasteiger partial charge is 0.388 e. The van der Waals surface area contributed by atoms with Gasteiger partial charge in [-0.1, -0.05) is 37.6 Å². The van der Waals surface area contributed by atoms with Gasteiger partial charge in [0.1, 0.15) is 0 Å². The van der Waals surface area contributed by atoms with E-state index >= 15 is 0 Å². The molecule has 0 radical (unpaired) electrons. The van der Waals surface area contributed by atoms with E-state index in [1.807, 2.05) is 6.92 Å². The minimum Gasteiger partial charge on any atom is -0.388 e. The van der Waals surface area contributed by atoms with Crippen LogP contribution in [0.3, 0.4) is 0 Å².